The van der Waals surface area contributed by atoms with Crippen molar-refractivity contribution in [1.29, 1.82) is 0 Å². The van der Waals surface area contributed by atoms with Crippen LogP contribution < -0.4 is 0 Å². The SMILES string of the molecule is CC1(C)[C@@H]2CC[C@@]1(COCCC[Si](O[Si]O[Si](C)(C)C)O[Si](C)(C)C)C(=O)/C2=C(\O)C(F)(F)C(F)(F)C(F)(F)F. The van der Waals surface area contributed by atoms with Gasteiger partial charge in [0.1, 0.15) is 0 Å². The average Bonchev–Trinajstić information content (AvgIpc) is 3.09. The quantitative estimate of drug-likeness (QED) is 0.0731. The molecular formula is C23H38F7O6Si4. The molecule has 2 atom stereocenters. The Hall–Kier alpha value is -0.572. The molecule has 2 rings (SSSR count). The molecule has 2 bridgehead atoms. The maximum absolute atomic E-state index is 14.3. The van der Waals surface area contributed by atoms with Crippen LogP contribution in [-0.2, 0) is 21.9 Å². The second-order valence-electron chi connectivity index (χ2n) is 12.8. The number of carbonyl (C=O) groups is 1. The van der Waals surface area contributed by atoms with Gasteiger partial charge >= 0.3 is 37.3 Å². The zero-order chi connectivity index (χ0) is 31.2. The maximum atomic E-state index is 14.3. The predicted molar refractivity (Wildman–Crippen MR) is 141 cm³/mol. The van der Waals surface area contributed by atoms with E-state index in [1.54, 1.807) is 13.8 Å². The Bertz CT molecular complexity index is 963. The lowest BCUT2D eigenvalue weighted by Crippen LogP contribution is -2.53. The highest BCUT2D eigenvalue weighted by Gasteiger charge is 2.77. The fourth-order valence-corrected chi connectivity index (χ4v) is 11.5. The van der Waals surface area contributed by atoms with Crippen LogP contribution >= 0.6 is 0 Å². The molecule has 40 heavy (non-hydrogen) atoms. The van der Waals surface area contributed by atoms with Crippen LogP contribution in [0.25, 0.3) is 0 Å². The predicted octanol–water partition coefficient (Wildman–Crippen LogP) is 6.79. The number of halogens is 7. The number of aliphatic hydroxyl groups is 1. The number of Topliss-reactive ketones (excluding diaryl/α,β-unsaturated/α-hetero) is 1. The van der Waals surface area contributed by atoms with Gasteiger partial charge in [0.15, 0.2) is 28.2 Å². The van der Waals surface area contributed by atoms with Crippen molar-refractivity contribution >= 4 is 41.7 Å². The van der Waals surface area contributed by atoms with Crippen molar-refractivity contribution in [1.82, 2.24) is 0 Å². The third kappa shape index (κ3) is 7.14. The summed E-state index contributed by atoms with van der Waals surface area (Å²) in [6.45, 7) is 15.2. The van der Waals surface area contributed by atoms with E-state index in [2.05, 4.69) is 0 Å². The Kier molecular flexibility index (Phi) is 10.5. The Morgan fingerprint density at radius 1 is 1.05 bits per heavy atom. The zero-order valence-electron chi connectivity index (χ0n) is 24.0. The molecule has 3 radical (unpaired) electrons. The van der Waals surface area contributed by atoms with Crippen molar-refractivity contribution < 1.29 is 57.7 Å². The third-order valence-corrected chi connectivity index (χ3v) is 15.4. The molecule has 0 unspecified atom stereocenters. The molecular weight excluding hydrogens is 618 g/mol. The van der Waals surface area contributed by atoms with Crippen molar-refractivity contribution in [2.75, 3.05) is 13.2 Å². The fourth-order valence-electron chi connectivity index (χ4n) is 5.05. The van der Waals surface area contributed by atoms with Gasteiger partial charge in [-0.15, -0.1) is 0 Å². The summed E-state index contributed by atoms with van der Waals surface area (Å²) in [7, 11) is -5.55. The molecule has 2 saturated carbocycles. The number of hydrogen-bond donors (Lipinski definition) is 1. The lowest BCUT2D eigenvalue weighted by molar-refractivity contribution is -0.349. The Morgan fingerprint density at radius 2 is 1.62 bits per heavy atom. The summed E-state index contributed by atoms with van der Waals surface area (Å²) in [5, 5.41) is 10.1. The highest BCUT2D eigenvalue weighted by atomic mass is 28.4. The lowest BCUT2D eigenvalue weighted by Gasteiger charge is -2.35. The van der Waals surface area contributed by atoms with Gasteiger partial charge in [0.2, 0.25) is 0 Å². The average molecular weight is 656 g/mol. The summed E-state index contributed by atoms with van der Waals surface area (Å²) in [4.78, 5) is 13.3. The van der Waals surface area contributed by atoms with Crippen molar-refractivity contribution in [3.63, 3.8) is 0 Å². The highest BCUT2D eigenvalue weighted by molar-refractivity contribution is 6.77. The van der Waals surface area contributed by atoms with Crippen molar-refractivity contribution in [3.05, 3.63) is 11.3 Å². The second-order valence-corrected chi connectivity index (χ2v) is 25.1. The van der Waals surface area contributed by atoms with Crippen molar-refractivity contribution in [2.24, 2.45) is 16.7 Å². The van der Waals surface area contributed by atoms with E-state index in [9.17, 15) is 40.6 Å². The van der Waals surface area contributed by atoms with Crippen LogP contribution in [0.1, 0.15) is 33.1 Å². The molecule has 2 fully saturated rings. The van der Waals surface area contributed by atoms with E-state index in [1.807, 2.05) is 39.3 Å². The molecule has 0 amide bonds. The van der Waals surface area contributed by atoms with Crippen LogP contribution in [0.2, 0.25) is 45.3 Å². The Morgan fingerprint density at radius 3 is 2.12 bits per heavy atom. The van der Waals surface area contributed by atoms with Gasteiger partial charge < -0.3 is 22.2 Å². The van der Waals surface area contributed by atoms with Gasteiger partial charge in [0.05, 0.1) is 12.0 Å². The number of fused-ring (bicyclic) bond motifs is 2. The van der Waals surface area contributed by atoms with Gasteiger partial charge in [-0.05, 0) is 75.9 Å². The van der Waals surface area contributed by atoms with Gasteiger partial charge in [-0.3, -0.25) is 4.79 Å². The molecule has 0 aromatic carbocycles. The molecule has 231 valence electrons. The van der Waals surface area contributed by atoms with E-state index in [-0.39, 0.29) is 36.1 Å². The molecule has 2 aliphatic rings. The Balaban J connectivity index is 2.13. The zero-order valence-corrected chi connectivity index (χ0v) is 28.0. The minimum absolute atomic E-state index is 0.0538. The minimum atomic E-state index is -6.63. The molecule has 1 N–H and O–H groups in total. The van der Waals surface area contributed by atoms with E-state index in [0.717, 1.165) is 0 Å². The van der Waals surface area contributed by atoms with Gasteiger partial charge in [-0.25, -0.2) is 0 Å². The standard InChI is InChI=1S/C23H38F7O6Si4/c1-19(2)15-10-11-20(19,17(31)16(15)18(32)21(24,25)22(26,27)23(28,29)30)14-33-12-9-13-38(36-40(6,7)8)34-37-35-39(3,4)5/h15,32H,9-14H2,1-8H3/b18-16-/t15-,20-/m1/s1. The number of rotatable bonds is 14. The summed E-state index contributed by atoms with van der Waals surface area (Å²) in [6, 6.07) is 0.536. The van der Waals surface area contributed by atoms with Crippen molar-refractivity contribution in [3.8, 4) is 0 Å². The number of aliphatic hydroxyl groups excluding tert-OH is 1. The van der Waals surface area contributed by atoms with Gasteiger partial charge in [-0.1, -0.05) is 13.8 Å². The van der Waals surface area contributed by atoms with Crippen LogP contribution in [0.4, 0.5) is 30.7 Å². The normalized spacial score (nSPS) is 25.3. The van der Waals surface area contributed by atoms with Crippen LogP contribution in [0.5, 0.6) is 0 Å². The number of carbonyl (C=O) groups excluding carboxylic acids is 1. The third-order valence-electron chi connectivity index (χ3n) is 7.24. The topological polar surface area (TPSA) is 74.2 Å². The highest BCUT2D eigenvalue weighted by Crippen LogP contribution is 2.67. The molecule has 0 aliphatic heterocycles. The first-order chi connectivity index (χ1) is 17.8. The molecule has 0 saturated heterocycles. The monoisotopic (exact) mass is 655 g/mol. The number of ether oxygens (including phenoxy) is 1. The molecule has 17 heteroatoms. The Labute approximate surface area is 237 Å². The summed E-state index contributed by atoms with van der Waals surface area (Å²) >= 11 is 0. The van der Waals surface area contributed by atoms with E-state index < -0.39 is 77.8 Å². The molecule has 2 aliphatic carbocycles. The van der Waals surface area contributed by atoms with Gasteiger partial charge in [0, 0.05) is 12.2 Å². The van der Waals surface area contributed by atoms with Crippen LogP contribution in [0.3, 0.4) is 0 Å². The van der Waals surface area contributed by atoms with E-state index in [1.165, 1.54) is 0 Å². The maximum Gasteiger partial charge on any atom is 0.460 e. The largest absolute Gasteiger partial charge is 0.506 e. The first-order valence-electron chi connectivity index (χ1n) is 12.8. The summed E-state index contributed by atoms with van der Waals surface area (Å²) in [6.07, 6.45) is -5.94. The number of alkyl halides is 7. The van der Waals surface area contributed by atoms with Crippen LogP contribution in [0.15, 0.2) is 11.3 Å². The summed E-state index contributed by atoms with van der Waals surface area (Å²) in [5.41, 5.74) is -3.64. The first kappa shape index (κ1) is 35.6. The first-order valence-corrected chi connectivity index (χ1v) is 22.0. The summed E-state index contributed by atoms with van der Waals surface area (Å²) < 4.78 is 118. The van der Waals surface area contributed by atoms with E-state index in [4.69, 9.17) is 17.1 Å². The molecule has 6 nitrogen and oxygen atoms in total. The van der Waals surface area contributed by atoms with Crippen LogP contribution in [0, 0.1) is 16.7 Å². The molecule has 0 heterocycles. The van der Waals surface area contributed by atoms with Crippen molar-refractivity contribution in [2.45, 2.75) is 96.5 Å². The van der Waals surface area contributed by atoms with Gasteiger partial charge in [-0.2, -0.15) is 30.7 Å². The fraction of sp³-hybridized carbons (Fsp3) is 0.870. The second kappa shape index (κ2) is 11.8. The number of hydrogen-bond acceptors (Lipinski definition) is 6. The van der Waals surface area contributed by atoms with Gasteiger partial charge in [0.25, 0.3) is 0 Å². The number of allylic oxidation sites excluding steroid dienone is 2. The molecule has 0 aromatic rings. The molecule has 0 spiro atoms. The minimum Gasteiger partial charge on any atom is -0.506 e. The molecule has 0 aromatic heterocycles. The smallest absolute Gasteiger partial charge is 0.460 e. The number of ketones is 1. The van der Waals surface area contributed by atoms with E-state index in [0.29, 0.717) is 12.5 Å². The van der Waals surface area contributed by atoms with E-state index >= 15 is 0 Å². The lowest BCUT2D eigenvalue weighted by atomic mass is 9.69. The summed E-state index contributed by atoms with van der Waals surface area (Å²) in [5.74, 6) is -17.3. The van der Waals surface area contributed by atoms with Crippen LogP contribution in [-0.4, -0.2) is 78.1 Å².